The number of hydrogen-bond donors (Lipinski definition) is 0. The van der Waals surface area contributed by atoms with Gasteiger partial charge in [-0.25, -0.2) is 0 Å². The second-order valence-corrected chi connectivity index (χ2v) is 1.56. The Bertz CT molecular complexity index is 98.3. The SMILES string of the molecule is CC1=C[CH]N(C)O1. The van der Waals surface area contributed by atoms with Gasteiger partial charge in [-0.2, -0.15) is 0 Å². The quantitative estimate of drug-likeness (QED) is 0.447. The summed E-state index contributed by atoms with van der Waals surface area (Å²) in [6.45, 7) is 3.79. The van der Waals surface area contributed by atoms with Gasteiger partial charge in [-0.15, -0.1) is 5.06 Å². The van der Waals surface area contributed by atoms with Crippen LogP contribution in [0.25, 0.3) is 0 Å². The number of rotatable bonds is 0. The maximum Gasteiger partial charge on any atom is 0.119 e. The lowest BCUT2D eigenvalue weighted by Crippen LogP contribution is -2.06. The summed E-state index contributed by atoms with van der Waals surface area (Å²) >= 11 is 0. The minimum atomic E-state index is 0.947. The normalized spacial score (nSPS) is 21.7. The summed E-state index contributed by atoms with van der Waals surface area (Å²) < 4.78 is 0. The van der Waals surface area contributed by atoms with Crippen molar-refractivity contribution < 1.29 is 4.84 Å². The van der Waals surface area contributed by atoms with Gasteiger partial charge in [0.15, 0.2) is 0 Å². The molecule has 1 radical (unpaired) electrons. The van der Waals surface area contributed by atoms with Crippen LogP contribution < -0.4 is 0 Å². The Morgan fingerprint density at radius 2 is 2.43 bits per heavy atom. The first-order valence-electron chi connectivity index (χ1n) is 2.21. The number of likely N-dealkylation sites (N-methyl/N-ethyl adjacent to an activating group) is 1. The van der Waals surface area contributed by atoms with E-state index < -0.39 is 0 Å². The van der Waals surface area contributed by atoms with Crippen LogP contribution in [0.3, 0.4) is 0 Å². The molecule has 0 saturated carbocycles. The van der Waals surface area contributed by atoms with Gasteiger partial charge < -0.3 is 4.84 Å². The zero-order valence-corrected chi connectivity index (χ0v) is 4.51. The summed E-state index contributed by atoms with van der Waals surface area (Å²) in [6.07, 6.45) is 1.92. The molecule has 0 aromatic rings. The van der Waals surface area contributed by atoms with Gasteiger partial charge >= 0.3 is 0 Å². The van der Waals surface area contributed by atoms with Gasteiger partial charge in [-0.3, -0.25) is 0 Å². The van der Waals surface area contributed by atoms with Crippen molar-refractivity contribution in [1.29, 1.82) is 0 Å². The van der Waals surface area contributed by atoms with Crippen LogP contribution in [-0.2, 0) is 4.84 Å². The molecule has 0 aromatic carbocycles. The molecule has 0 fully saturated rings. The van der Waals surface area contributed by atoms with Crippen LogP contribution in [0, 0.1) is 6.54 Å². The second-order valence-electron chi connectivity index (χ2n) is 1.56. The van der Waals surface area contributed by atoms with Crippen LogP contribution in [0.15, 0.2) is 11.8 Å². The molecule has 0 saturated heterocycles. The number of nitrogens with zero attached hydrogens (tertiary/aromatic N) is 1. The molecule has 7 heavy (non-hydrogen) atoms. The molecule has 0 unspecified atom stereocenters. The highest BCUT2D eigenvalue weighted by Crippen LogP contribution is 2.09. The van der Waals surface area contributed by atoms with Gasteiger partial charge in [0.05, 0.1) is 6.54 Å². The summed E-state index contributed by atoms with van der Waals surface area (Å²) in [5, 5.41) is 1.66. The third-order valence-electron chi connectivity index (χ3n) is 0.807. The molecule has 0 N–H and O–H groups in total. The molecular formula is C5H8NO. The molecule has 2 heteroatoms. The molecule has 0 bridgehead atoms. The van der Waals surface area contributed by atoms with Crippen LogP contribution >= 0.6 is 0 Å². The molecule has 0 amide bonds. The molecular weight excluding hydrogens is 90.1 g/mol. The Balaban J connectivity index is 2.42. The molecule has 1 aliphatic heterocycles. The predicted octanol–water partition coefficient (Wildman–Crippen LogP) is 0.929. The Morgan fingerprint density at radius 3 is 2.57 bits per heavy atom. The van der Waals surface area contributed by atoms with E-state index >= 15 is 0 Å². The number of allylic oxidation sites excluding steroid dienone is 1. The summed E-state index contributed by atoms with van der Waals surface area (Å²) in [6, 6.07) is 0. The Kier molecular flexibility index (Phi) is 1.02. The largest absolute Gasteiger partial charge is 0.411 e. The second kappa shape index (κ2) is 1.54. The van der Waals surface area contributed by atoms with Crippen molar-refractivity contribution in [2.45, 2.75) is 6.92 Å². The van der Waals surface area contributed by atoms with Crippen molar-refractivity contribution in [2.24, 2.45) is 0 Å². The van der Waals surface area contributed by atoms with Crippen LogP contribution in [0.5, 0.6) is 0 Å². The monoisotopic (exact) mass is 98.1 g/mol. The molecule has 1 aliphatic rings. The minimum absolute atomic E-state index is 0.947. The third kappa shape index (κ3) is 0.933. The molecule has 0 aliphatic carbocycles. The molecule has 39 valence electrons. The van der Waals surface area contributed by atoms with Gasteiger partial charge in [0.25, 0.3) is 0 Å². The standard InChI is InChI=1S/C5H8NO/c1-5-3-4-6(2)7-5/h3-4H,1-2H3. The van der Waals surface area contributed by atoms with Gasteiger partial charge in [-0.1, -0.05) is 0 Å². The lowest BCUT2D eigenvalue weighted by molar-refractivity contribution is -0.0463. The van der Waals surface area contributed by atoms with Crippen LogP contribution in [0.4, 0.5) is 0 Å². The van der Waals surface area contributed by atoms with Crippen molar-refractivity contribution in [1.82, 2.24) is 5.06 Å². The van der Waals surface area contributed by atoms with E-state index in [0.717, 1.165) is 5.76 Å². The zero-order chi connectivity index (χ0) is 5.28. The van der Waals surface area contributed by atoms with Crippen molar-refractivity contribution >= 4 is 0 Å². The van der Waals surface area contributed by atoms with Gasteiger partial charge in [0.2, 0.25) is 0 Å². The fraction of sp³-hybridized carbons (Fsp3) is 0.400. The molecule has 0 spiro atoms. The fourth-order valence-corrected chi connectivity index (χ4v) is 0.498. The van der Waals surface area contributed by atoms with Gasteiger partial charge in [0.1, 0.15) is 5.76 Å². The highest BCUT2D eigenvalue weighted by Gasteiger charge is 2.04. The first-order valence-corrected chi connectivity index (χ1v) is 2.21. The van der Waals surface area contributed by atoms with E-state index in [1.807, 2.05) is 26.6 Å². The lowest BCUT2D eigenvalue weighted by atomic mass is 10.5. The maximum absolute atomic E-state index is 5.00. The molecule has 0 aromatic heterocycles. The number of hydrogen-bond acceptors (Lipinski definition) is 2. The van der Waals surface area contributed by atoms with Gasteiger partial charge in [-0.05, 0) is 13.0 Å². The zero-order valence-electron chi connectivity index (χ0n) is 4.51. The Morgan fingerprint density at radius 1 is 1.71 bits per heavy atom. The van der Waals surface area contributed by atoms with E-state index in [2.05, 4.69) is 0 Å². The van der Waals surface area contributed by atoms with E-state index in [-0.39, 0.29) is 0 Å². The van der Waals surface area contributed by atoms with Crippen molar-refractivity contribution in [3.8, 4) is 0 Å². The van der Waals surface area contributed by atoms with E-state index in [1.54, 1.807) is 5.06 Å². The third-order valence-corrected chi connectivity index (χ3v) is 0.807. The van der Waals surface area contributed by atoms with Crippen LogP contribution in [-0.4, -0.2) is 12.1 Å². The highest BCUT2D eigenvalue weighted by molar-refractivity contribution is 5.01. The minimum Gasteiger partial charge on any atom is -0.411 e. The van der Waals surface area contributed by atoms with E-state index in [1.165, 1.54) is 0 Å². The topological polar surface area (TPSA) is 12.5 Å². The molecule has 1 heterocycles. The summed E-state index contributed by atoms with van der Waals surface area (Å²) in [4.78, 5) is 5.00. The fourth-order valence-electron chi connectivity index (χ4n) is 0.498. The van der Waals surface area contributed by atoms with E-state index in [0.29, 0.717) is 0 Å². The van der Waals surface area contributed by atoms with Crippen molar-refractivity contribution in [2.75, 3.05) is 7.05 Å². The van der Waals surface area contributed by atoms with Crippen LogP contribution in [0.1, 0.15) is 6.92 Å². The predicted molar refractivity (Wildman–Crippen MR) is 26.9 cm³/mol. The van der Waals surface area contributed by atoms with E-state index in [9.17, 15) is 0 Å². The molecule has 1 rings (SSSR count). The van der Waals surface area contributed by atoms with Gasteiger partial charge in [0, 0.05) is 7.05 Å². The summed E-state index contributed by atoms with van der Waals surface area (Å²) in [5.41, 5.74) is 0. The Hall–Kier alpha value is -0.500. The average Bonchev–Trinajstić information content (AvgIpc) is 1.87. The summed E-state index contributed by atoms with van der Waals surface area (Å²) in [7, 11) is 1.85. The Labute approximate surface area is 43.3 Å². The average molecular weight is 98.1 g/mol. The van der Waals surface area contributed by atoms with Crippen molar-refractivity contribution in [3.05, 3.63) is 18.4 Å². The summed E-state index contributed by atoms with van der Waals surface area (Å²) in [5.74, 6) is 0.947. The first-order chi connectivity index (χ1) is 3.29. The molecule has 2 nitrogen and oxygen atoms in total. The lowest BCUT2D eigenvalue weighted by Gasteiger charge is -2.05. The smallest absolute Gasteiger partial charge is 0.119 e. The molecule has 0 atom stereocenters. The van der Waals surface area contributed by atoms with Crippen molar-refractivity contribution in [3.63, 3.8) is 0 Å². The number of hydroxylamine groups is 2. The first kappa shape index (κ1) is 4.65. The van der Waals surface area contributed by atoms with Crippen LogP contribution in [0.2, 0.25) is 0 Å². The highest BCUT2D eigenvalue weighted by atomic mass is 16.7. The van der Waals surface area contributed by atoms with E-state index in [4.69, 9.17) is 4.84 Å². The maximum atomic E-state index is 5.00.